The SMILES string of the molecule is Cc1cc(NC(=O)CCl)c([N+](=O)[O-])cc1C. The molecule has 16 heavy (non-hydrogen) atoms. The molecule has 0 bridgehead atoms. The van der Waals surface area contributed by atoms with E-state index in [0.717, 1.165) is 11.1 Å². The van der Waals surface area contributed by atoms with Gasteiger partial charge in [0.05, 0.1) is 4.92 Å². The van der Waals surface area contributed by atoms with Gasteiger partial charge in [-0.05, 0) is 31.0 Å². The van der Waals surface area contributed by atoms with Crippen LogP contribution in [0.3, 0.4) is 0 Å². The Balaban J connectivity index is 3.19. The molecule has 0 radical (unpaired) electrons. The zero-order valence-electron chi connectivity index (χ0n) is 8.91. The predicted octanol–water partition coefficient (Wildman–Crippen LogP) is 2.39. The first-order chi connectivity index (χ1) is 7.45. The number of carbonyl (C=O) groups excluding carboxylic acids is 1. The Hall–Kier alpha value is -1.62. The van der Waals surface area contributed by atoms with Gasteiger partial charge in [0.1, 0.15) is 11.6 Å². The lowest BCUT2D eigenvalue weighted by Gasteiger charge is -2.07. The van der Waals surface area contributed by atoms with Crippen LogP contribution in [0.5, 0.6) is 0 Å². The first kappa shape index (κ1) is 12.4. The van der Waals surface area contributed by atoms with Gasteiger partial charge in [-0.2, -0.15) is 0 Å². The molecule has 1 amide bonds. The average Bonchev–Trinajstić information content (AvgIpc) is 2.22. The highest BCUT2D eigenvalue weighted by molar-refractivity contribution is 6.29. The summed E-state index contributed by atoms with van der Waals surface area (Å²) in [7, 11) is 0. The predicted molar refractivity (Wildman–Crippen MR) is 61.9 cm³/mol. The van der Waals surface area contributed by atoms with E-state index in [1.807, 2.05) is 6.92 Å². The van der Waals surface area contributed by atoms with Crippen LogP contribution in [-0.4, -0.2) is 16.7 Å². The third-order valence-corrected chi connectivity index (χ3v) is 2.45. The molecule has 1 aromatic carbocycles. The van der Waals surface area contributed by atoms with Crippen LogP contribution in [0.15, 0.2) is 12.1 Å². The second-order valence-corrected chi connectivity index (χ2v) is 3.66. The van der Waals surface area contributed by atoms with Crippen LogP contribution >= 0.6 is 11.6 Å². The largest absolute Gasteiger partial charge is 0.319 e. The van der Waals surface area contributed by atoms with Crippen molar-refractivity contribution in [2.24, 2.45) is 0 Å². The van der Waals surface area contributed by atoms with Gasteiger partial charge >= 0.3 is 0 Å². The lowest BCUT2D eigenvalue weighted by atomic mass is 10.1. The summed E-state index contributed by atoms with van der Waals surface area (Å²) in [6.07, 6.45) is 0. The maximum absolute atomic E-state index is 11.1. The van der Waals surface area contributed by atoms with E-state index >= 15 is 0 Å². The molecule has 1 N–H and O–H groups in total. The molecule has 1 aromatic rings. The van der Waals surface area contributed by atoms with E-state index < -0.39 is 10.8 Å². The quantitative estimate of drug-likeness (QED) is 0.503. The van der Waals surface area contributed by atoms with Crippen LogP contribution in [0.1, 0.15) is 11.1 Å². The fourth-order valence-electron chi connectivity index (χ4n) is 1.24. The third kappa shape index (κ3) is 2.70. The molecule has 0 unspecified atom stereocenters. The number of rotatable bonds is 3. The summed E-state index contributed by atoms with van der Waals surface area (Å²) in [5.74, 6) is -0.697. The maximum Gasteiger partial charge on any atom is 0.293 e. The fourth-order valence-corrected chi connectivity index (χ4v) is 1.30. The minimum Gasteiger partial charge on any atom is -0.319 e. The Bertz CT molecular complexity index is 446. The topological polar surface area (TPSA) is 72.2 Å². The van der Waals surface area contributed by atoms with E-state index in [2.05, 4.69) is 5.32 Å². The first-order valence-corrected chi connectivity index (χ1v) is 5.10. The summed E-state index contributed by atoms with van der Waals surface area (Å²) in [5, 5.41) is 13.2. The number of halogens is 1. The van der Waals surface area contributed by atoms with Crippen molar-refractivity contribution in [2.45, 2.75) is 13.8 Å². The second-order valence-electron chi connectivity index (χ2n) is 3.39. The van der Waals surface area contributed by atoms with Crippen molar-refractivity contribution in [1.29, 1.82) is 0 Å². The molecule has 86 valence electrons. The molecule has 1 rings (SSSR count). The molecule has 0 aromatic heterocycles. The molecule has 0 saturated heterocycles. The van der Waals surface area contributed by atoms with Crippen LogP contribution in [0.4, 0.5) is 11.4 Å². The van der Waals surface area contributed by atoms with E-state index in [9.17, 15) is 14.9 Å². The summed E-state index contributed by atoms with van der Waals surface area (Å²) < 4.78 is 0. The van der Waals surface area contributed by atoms with E-state index in [-0.39, 0.29) is 17.3 Å². The van der Waals surface area contributed by atoms with Crippen molar-refractivity contribution in [1.82, 2.24) is 0 Å². The highest BCUT2D eigenvalue weighted by atomic mass is 35.5. The van der Waals surface area contributed by atoms with Gasteiger partial charge in [-0.15, -0.1) is 11.6 Å². The van der Waals surface area contributed by atoms with Crippen LogP contribution in [0.2, 0.25) is 0 Å². The van der Waals surface area contributed by atoms with Gasteiger partial charge in [0.15, 0.2) is 0 Å². The number of nitrogens with zero attached hydrogens (tertiary/aromatic N) is 1. The molecule has 0 atom stereocenters. The van der Waals surface area contributed by atoms with Gasteiger partial charge < -0.3 is 5.32 Å². The first-order valence-electron chi connectivity index (χ1n) is 4.57. The van der Waals surface area contributed by atoms with Gasteiger partial charge in [-0.1, -0.05) is 0 Å². The van der Waals surface area contributed by atoms with Gasteiger partial charge in [0, 0.05) is 6.07 Å². The standard InChI is InChI=1S/C10H11ClN2O3/c1-6-3-8(12-10(14)5-11)9(13(15)16)4-7(6)2/h3-4H,5H2,1-2H3,(H,12,14). The molecular weight excluding hydrogens is 232 g/mol. The molecule has 0 aliphatic rings. The number of anilines is 1. The van der Waals surface area contributed by atoms with E-state index in [1.54, 1.807) is 13.0 Å². The lowest BCUT2D eigenvalue weighted by Crippen LogP contribution is -2.14. The minimum absolute atomic E-state index is 0.124. The van der Waals surface area contributed by atoms with Crippen molar-refractivity contribution in [3.8, 4) is 0 Å². The summed E-state index contributed by atoms with van der Waals surface area (Å²) in [5.41, 5.74) is 1.73. The molecule has 0 fully saturated rings. The van der Waals surface area contributed by atoms with Crippen molar-refractivity contribution >= 4 is 28.9 Å². The van der Waals surface area contributed by atoms with E-state index in [4.69, 9.17) is 11.6 Å². The number of nitro benzene ring substituents is 1. The third-order valence-electron chi connectivity index (χ3n) is 2.20. The summed E-state index contributed by atoms with van der Waals surface area (Å²) in [4.78, 5) is 21.3. The number of benzene rings is 1. The fraction of sp³-hybridized carbons (Fsp3) is 0.300. The number of nitro groups is 1. The number of hydrogen-bond donors (Lipinski definition) is 1. The zero-order valence-corrected chi connectivity index (χ0v) is 9.67. The average molecular weight is 243 g/mol. The normalized spacial score (nSPS) is 9.94. The number of nitrogens with one attached hydrogen (secondary N) is 1. The number of hydrogen-bond acceptors (Lipinski definition) is 3. The zero-order chi connectivity index (χ0) is 12.3. The number of carbonyl (C=O) groups is 1. The Morgan fingerprint density at radius 3 is 2.50 bits per heavy atom. The van der Waals surface area contributed by atoms with E-state index in [1.165, 1.54) is 6.07 Å². The molecule has 0 aliphatic heterocycles. The summed E-state index contributed by atoms with van der Waals surface area (Å²) in [6.45, 7) is 3.59. The lowest BCUT2D eigenvalue weighted by molar-refractivity contribution is -0.384. The molecular formula is C10H11ClN2O3. The number of amides is 1. The Labute approximate surface area is 97.6 Å². The van der Waals surface area contributed by atoms with Crippen LogP contribution in [0, 0.1) is 24.0 Å². The molecule has 0 saturated carbocycles. The van der Waals surface area contributed by atoms with Gasteiger partial charge in [-0.25, -0.2) is 0 Å². The van der Waals surface area contributed by atoms with Crippen LogP contribution < -0.4 is 5.32 Å². The van der Waals surface area contributed by atoms with Crippen molar-refractivity contribution in [2.75, 3.05) is 11.2 Å². The van der Waals surface area contributed by atoms with Crippen molar-refractivity contribution in [3.63, 3.8) is 0 Å². The van der Waals surface area contributed by atoms with Crippen molar-refractivity contribution < 1.29 is 9.72 Å². The molecule has 0 spiro atoms. The maximum atomic E-state index is 11.1. The van der Waals surface area contributed by atoms with Crippen LogP contribution in [-0.2, 0) is 4.79 Å². The molecule has 6 heteroatoms. The van der Waals surface area contributed by atoms with Gasteiger partial charge in [0.2, 0.25) is 5.91 Å². The second kappa shape index (κ2) is 4.94. The highest BCUT2D eigenvalue weighted by Crippen LogP contribution is 2.27. The van der Waals surface area contributed by atoms with Crippen molar-refractivity contribution in [3.05, 3.63) is 33.4 Å². The Morgan fingerprint density at radius 2 is 2.00 bits per heavy atom. The Morgan fingerprint density at radius 1 is 1.44 bits per heavy atom. The molecule has 0 aliphatic carbocycles. The molecule has 5 nitrogen and oxygen atoms in total. The highest BCUT2D eigenvalue weighted by Gasteiger charge is 2.16. The van der Waals surface area contributed by atoms with Gasteiger partial charge in [0.25, 0.3) is 5.69 Å². The molecule has 0 heterocycles. The number of aryl methyl sites for hydroxylation is 2. The number of alkyl halides is 1. The summed E-state index contributed by atoms with van der Waals surface area (Å²) >= 11 is 5.32. The monoisotopic (exact) mass is 242 g/mol. The smallest absolute Gasteiger partial charge is 0.293 e. The van der Waals surface area contributed by atoms with E-state index in [0.29, 0.717) is 0 Å². The minimum atomic E-state index is -0.531. The van der Waals surface area contributed by atoms with Gasteiger partial charge in [-0.3, -0.25) is 14.9 Å². The van der Waals surface area contributed by atoms with Crippen LogP contribution in [0.25, 0.3) is 0 Å². The summed E-state index contributed by atoms with van der Waals surface area (Å²) in [6, 6.07) is 3.00. The Kier molecular flexibility index (Phi) is 3.84.